The number of anilines is 2. The van der Waals surface area contributed by atoms with Crippen LogP contribution < -0.4 is 11.1 Å². The molecule has 0 atom stereocenters. The molecule has 0 spiro atoms. The molecule has 0 aliphatic rings. The second-order valence-electron chi connectivity index (χ2n) is 4.38. The van der Waals surface area contributed by atoms with E-state index < -0.39 is 0 Å². The molecular formula is C13H13BrN6. The molecule has 3 N–H and O–H groups in total. The van der Waals surface area contributed by atoms with Gasteiger partial charge in [-0.25, -0.2) is 4.68 Å². The van der Waals surface area contributed by atoms with Crippen molar-refractivity contribution in [1.82, 2.24) is 19.7 Å². The van der Waals surface area contributed by atoms with Crippen molar-refractivity contribution >= 4 is 38.7 Å². The first-order chi connectivity index (χ1) is 9.65. The Kier molecular flexibility index (Phi) is 3.27. The quantitative estimate of drug-likeness (QED) is 0.769. The van der Waals surface area contributed by atoms with Crippen molar-refractivity contribution < 1.29 is 0 Å². The van der Waals surface area contributed by atoms with Crippen molar-refractivity contribution in [2.75, 3.05) is 11.1 Å². The lowest BCUT2D eigenvalue weighted by molar-refractivity contribution is 0.778. The molecule has 0 aliphatic heterocycles. The van der Waals surface area contributed by atoms with Gasteiger partial charge in [-0.05, 0) is 21.5 Å². The molecule has 2 aromatic heterocycles. The van der Waals surface area contributed by atoms with Crippen LogP contribution in [-0.2, 0) is 13.6 Å². The van der Waals surface area contributed by atoms with Crippen LogP contribution in [-0.4, -0.2) is 19.7 Å². The zero-order valence-corrected chi connectivity index (χ0v) is 12.4. The zero-order chi connectivity index (χ0) is 14.1. The maximum absolute atomic E-state index is 5.75. The van der Waals surface area contributed by atoms with Crippen LogP contribution in [0.15, 0.2) is 34.9 Å². The summed E-state index contributed by atoms with van der Waals surface area (Å²) in [5, 5.41) is 8.40. The lowest BCUT2D eigenvalue weighted by atomic mass is 10.2. The van der Waals surface area contributed by atoms with Crippen molar-refractivity contribution in [2.45, 2.75) is 6.54 Å². The lowest BCUT2D eigenvalue weighted by Gasteiger charge is -2.07. The topological polar surface area (TPSA) is 81.7 Å². The molecule has 0 unspecified atom stereocenters. The van der Waals surface area contributed by atoms with E-state index in [0.717, 1.165) is 10.9 Å². The molecule has 0 aliphatic carbocycles. The van der Waals surface area contributed by atoms with E-state index in [-0.39, 0.29) is 5.95 Å². The molecule has 3 aromatic rings. The van der Waals surface area contributed by atoms with E-state index in [9.17, 15) is 0 Å². The van der Waals surface area contributed by atoms with Gasteiger partial charge in [-0.2, -0.15) is 15.1 Å². The Bertz CT molecular complexity index is 752. The molecule has 6 nitrogen and oxygen atoms in total. The van der Waals surface area contributed by atoms with Crippen molar-refractivity contribution in [3.8, 4) is 0 Å². The van der Waals surface area contributed by atoms with Crippen LogP contribution in [0.1, 0.15) is 5.56 Å². The number of nitrogens with one attached hydrogen (secondary N) is 1. The third-order valence-electron chi connectivity index (χ3n) is 2.96. The minimum Gasteiger partial charge on any atom is -0.368 e. The highest BCUT2D eigenvalue weighted by molar-refractivity contribution is 9.10. The molecule has 102 valence electrons. The number of aromatic nitrogens is 4. The summed E-state index contributed by atoms with van der Waals surface area (Å²) < 4.78 is 2.37. The van der Waals surface area contributed by atoms with Gasteiger partial charge in [-0.3, -0.25) is 0 Å². The monoisotopic (exact) mass is 332 g/mol. The fourth-order valence-corrected chi connectivity index (χ4v) is 2.63. The third-order valence-corrected chi connectivity index (χ3v) is 3.52. The first kappa shape index (κ1) is 12.9. The summed E-state index contributed by atoms with van der Waals surface area (Å²) in [6, 6.07) is 10.1. The van der Waals surface area contributed by atoms with E-state index in [0.29, 0.717) is 22.6 Å². The zero-order valence-electron chi connectivity index (χ0n) is 10.8. The number of nitrogens with zero attached hydrogens (tertiary/aromatic N) is 4. The molecule has 0 saturated carbocycles. The van der Waals surface area contributed by atoms with E-state index in [1.54, 1.807) is 4.68 Å². The van der Waals surface area contributed by atoms with Crippen LogP contribution in [0.25, 0.3) is 11.0 Å². The normalized spacial score (nSPS) is 10.9. The van der Waals surface area contributed by atoms with Crippen molar-refractivity contribution in [2.24, 2.45) is 7.05 Å². The van der Waals surface area contributed by atoms with Crippen molar-refractivity contribution in [3.63, 3.8) is 0 Å². The Balaban J connectivity index is 1.98. The summed E-state index contributed by atoms with van der Waals surface area (Å²) in [7, 11) is 1.82. The average Bonchev–Trinajstić information content (AvgIpc) is 2.72. The molecule has 0 fully saturated rings. The van der Waals surface area contributed by atoms with Gasteiger partial charge in [0.15, 0.2) is 5.65 Å². The van der Waals surface area contributed by atoms with Crippen LogP contribution in [0.4, 0.5) is 11.8 Å². The number of hydrogen-bond donors (Lipinski definition) is 2. The van der Waals surface area contributed by atoms with E-state index in [2.05, 4.69) is 36.3 Å². The van der Waals surface area contributed by atoms with Crippen molar-refractivity contribution in [1.29, 1.82) is 0 Å². The molecule has 0 amide bonds. The number of nitrogens with two attached hydrogens (primary N) is 1. The maximum atomic E-state index is 5.75. The van der Waals surface area contributed by atoms with E-state index in [1.807, 2.05) is 37.4 Å². The molecule has 20 heavy (non-hydrogen) atoms. The fraction of sp³-hybridized carbons (Fsp3) is 0.154. The average molecular weight is 333 g/mol. The SMILES string of the molecule is Cn1nc(Br)c2c(NCc3ccccc3)nc(N)nc21. The smallest absolute Gasteiger partial charge is 0.224 e. The number of benzene rings is 1. The summed E-state index contributed by atoms with van der Waals surface area (Å²) in [6.07, 6.45) is 0. The van der Waals surface area contributed by atoms with Crippen molar-refractivity contribution in [3.05, 3.63) is 40.5 Å². The predicted molar refractivity (Wildman–Crippen MR) is 82.2 cm³/mol. The Morgan fingerprint density at radius 1 is 1.25 bits per heavy atom. The number of aryl methyl sites for hydroxylation is 1. The van der Waals surface area contributed by atoms with Crippen LogP contribution in [0.5, 0.6) is 0 Å². The summed E-state index contributed by atoms with van der Waals surface area (Å²) in [6.45, 7) is 0.660. The van der Waals surface area contributed by atoms with Gasteiger partial charge in [0.25, 0.3) is 0 Å². The van der Waals surface area contributed by atoms with Crippen LogP contribution in [0, 0.1) is 0 Å². The van der Waals surface area contributed by atoms with Crippen LogP contribution >= 0.6 is 15.9 Å². The second-order valence-corrected chi connectivity index (χ2v) is 5.13. The molecule has 7 heteroatoms. The Morgan fingerprint density at radius 2 is 2.00 bits per heavy atom. The Hall–Kier alpha value is -2.15. The molecule has 3 rings (SSSR count). The molecule has 1 aromatic carbocycles. The number of hydrogen-bond acceptors (Lipinski definition) is 5. The van der Waals surface area contributed by atoms with E-state index >= 15 is 0 Å². The highest BCUT2D eigenvalue weighted by atomic mass is 79.9. The highest BCUT2D eigenvalue weighted by Crippen LogP contribution is 2.28. The van der Waals surface area contributed by atoms with Gasteiger partial charge >= 0.3 is 0 Å². The second kappa shape index (κ2) is 5.09. The minimum atomic E-state index is 0.226. The van der Waals surface area contributed by atoms with Gasteiger partial charge in [0.1, 0.15) is 10.4 Å². The van der Waals surface area contributed by atoms with Crippen LogP contribution in [0.3, 0.4) is 0 Å². The Morgan fingerprint density at radius 3 is 2.75 bits per heavy atom. The summed E-state index contributed by atoms with van der Waals surface area (Å²) in [4.78, 5) is 8.47. The molecule has 2 heterocycles. The van der Waals surface area contributed by atoms with E-state index in [1.165, 1.54) is 0 Å². The van der Waals surface area contributed by atoms with Gasteiger partial charge in [0.05, 0.1) is 5.39 Å². The van der Waals surface area contributed by atoms with Gasteiger partial charge in [-0.15, -0.1) is 0 Å². The molecule has 0 saturated heterocycles. The standard InChI is InChI=1S/C13H13BrN6/c1-20-12-9(10(14)19-20)11(17-13(15)18-12)16-7-8-5-3-2-4-6-8/h2-6H,7H2,1H3,(H3,15,16,17,18). The third kappa shape index (κ3) is 2.32. The summed E-state index contributed by atoms with van der Waals surface area (Å²) >= 11 is 3.43. The summed E-state index contributed by atoms with van der Waals surface area (Å²) in [5.74, 6) is 0.903. The molecule has 0 radical (unpaired) electrons. The van der Waals surface area contributed by atoms with Gasteiger partial charge in [-0.1, -0.05) is 30.3 Å². The predicted octanol–water partition coefficient (Wildman–Crippen LogP) is 2.32. The first-order valence-electron chi connectivity index (χ1n) is 6.08. The summed E-state index contributed by atoms with van der Waals surface area (Å²) in [5.41, 5.74) is 7.61. The number of halogens is 1. The fourth-order valence-electron chi connectivity index (χ4n) is 2.03. The largest absolute Gasteiger partial charge is 0.368 e. The van der Waals surface area contributed by atoms with Gasteiger partial charge in [0.2, 0.25) is 5.95 Å². The van der Waals surface area contributed by atoms with E-state index in [4.69, 9.17) is 5.73 Å². The minimum absolute atomic E-state index is 0.226. The highest BCUT2D eigenvalue weighted by Gasteiger charge is 2.14. The Labute approximate surface area is 124 Å². The first-order valence-corrected chi connectivity index (χ1v) is 6.88. The lowest BCUT2D eigenvalue weighted by Crippen LogP contribution is -2.05. The number of fused-ring (bicyclic) bond motifs is 1. The maximum Gasteiger partial charge on any atom is 0.224 e. The van der Waals surface area contributed by atoms with Gasteiger partial charge < -0.3 is 11.1 Å². The number of nitrogen functional groups attached to an aromatic ring is 1. The molecular weight excluding hydrogens is 320 g/mol. The van der Waals surface area contributed by atoms with Crippen LogP contribution in [0.2, 0.25) is 0 Å². The van der Waals surface area contributed by atoms with Gasteiger partial charge in [0, 0.05) is 13.6 Å². The number of rotatable bonds is 3. The molecule has 0 bridgehead atoms.